The van der Waals surface area contributed by atoms with Crippen LogP contribution in [0.4, 0.5) is 13.4 Å². The summed E-state index contributed by atoms with van der Waals surface area (Å²) in [6.07, 6.45) is 0. The van der Waals surface area contributed by atoms with E-state index in [1.807, 2.05) is 0 Å². The summed E-state index contributed by atoms with van der Waals surface area (Å²) in [5.41, 5.74) is 3.37. The minimum atomic E-state index is -5.34. The number of phosphoric acid groups is 8. The molecule has 5 N–H and O–H groups in total. The summed E-state index contributed by atoms with van der Waals surface area (Å²) in [4.78, 5) is 102. The Balaban J connectivity index is 4.46. The Hall–Kier alpha value is 0.510. The van der Waals surface area contributed by atoms with Gasteiger partial charge in [0.05, 0.1) is 99.1 Å². The van der Waals surface area contributed by atoms with Crippen LogP contribution in [0.2, 0.25) is 0 Å². The quantitative estimate of drug-likeness (QED) is 0.0217. The maximum absolute atomic E-state index is 12.8. The van der Waals surface area contributed by atoms with Crippen molar-refractivity contribution in [2.24, 2.45) is 17.8 Å². The highest BCUT2D eigenvalue weighted by molar-refractivity contribution is 7.47. The fourth-order valence-electron chi connectivity index (χ4n) is 3.57. The van der Waals surface area contributed by atoms with Crippen LogP contribution in [-0.4, -0.2) is 135 Å². The first-order valence-electron chi connectivity index (χ1n) is 18.3. The summed E-state index contributed by atoms with van der Waals surface area (Å²) >= 11 is 0. The molecule has 0 spiro atoms. The number of aliphatic hydroxyl groups excluding tert-OH is 1. The summed E-state index contributed by atoms with van der Waals surface area (Å²) in [6, 6.07) is 0. The van der Waals surface area contributed by atoms with Gasteiger partial charge in [-0.15, -0.1) is 13.4 Å². The van der Waals surface area contributed by atoms with Crippen LogP contribution < -0.4 is 55.8 Å². The van der Waals surface area contributed by atoms with Crippen LogP contribution in [-0.2, 0) is 104 Å². The Labute approximate surface area is 388 Å². The number of nitrogens with one attached hydrogen (secondary N) is 3. The lowest BCUT2D eigenvalue weighted by Crippen LogP contribution is -2.27. The van der Waals surface area contributed by atoms with Crippen LogP contribution in [0, 0.1) is 17.8 Å². The zero-order valence-electron chi connectivity index (χ0n) is 34.9. The van der Waals surface area contributed by atoms with Gasteiger partial charge in [-0.05, 0) is 0 Å². The molecule has 0 aromatic carbocycles. The highest BCUT2D eigenvalue weighted by atomic mass is 31.2. The van der Waals surface area contributed by atoms with E-state index in [2.05, 4.69) is 67.9 Å². The van der Waals surface area contributed by atoms with Gasteiger partial charge in [0.15, 0.2) is 0 Å². The van der Waals surface area contributed by atoms with E-state index >= 15 is 0 Å². The van der Waals surface area contributed by atoms with E-state index < -0.39 is 206 Å². The van der Waals surface area contributed by atoms with Gasteiger partial charge in [-0.1, -0.05) is 0 Å². The van der Waals surface area contributed by atoms with Gasteiger partial charge in [0.25, 0.3) is 62.6 Å². The van der Waals surface area contributed by atoms with E-state index in [9.17, 15) is 89.1 Å². The van der Waals surface area contributed by atoms with E-state index in [0.717, 1.165) is 11.1 Å². The lowest BCUT2D eigenvalue weighted by Gasteiger charge is -2.28. The highest BCUT2D eigenvalue weighted by Gasteiger charge is 2.22. The Morgan fingerprint density at radius 3 is 0.696 bits per heavy atom. The molecular weight excluding hydrogens is 1140 g/mol. The van der Waals surface area contributed by atoms with Crippen molar-refractivity contribution in [3.05, 3.63) is 0 Å². The molecule has 0 bridgehead atoms. The van der Waals surface area contributed by atoms with Crippen molar-refractivity contribution in [1.29, 1.82) is 0 Å². The molecular formula is C22H46F3N3O33P8-8. The first-order valence-corrected chi connectivity index (χ1v) is 30.0. The van der Waals surface area contributed by atoms with Gasteiger partial charge in [0.1, 0.15) is 0 Å². The molecule has 0 amide bonds. The molecule has 0 aromatic rings. The SMILES string of the molecule is O=P([O-])(O)OCC(CNF)COP(=O)([O-])OCCOP(=O)([O-])OCCOP(=O)([O-])OCCOP(=O)([O-])OCCOP(=O)([O-])OCC(CNF)COP(=O)([O-])OCCOP(=O)([O-])OCC(CO)CNF. The fourth-order valence-corrected chi connectivity index (χ4v) is 9.05. The number of hydrogen-bond acceptors (Lipinski definition) is 35. The number of halogens is 3. The van der Waals surface area contributed by atoms with Crippen LogP contribution in [0.5, 0.6) is 0 Å². The van der Waals surface area contributed by atoms with Crippen molar-refractivity contribution in [3.8, 4) is 0 Å². The molecule has 0 radical (unpaired) electrons. The maximum Gasteiger partial charge on any atom is 0.268 e. The molecule has 0 heterocycles. The standard InChI is InChI=1S/C22H54F3N3O33P8/c23-26-11-20(14-29)15-58-66(39,40)53-9-10-56-69(45,46)61-19-22(13-28-25)18-60-68(43,44)55-8-6-52-65(37,38)50-4-2-48-63(33,34)47-1-3-49-64(35,36)51-5-7-54-67(41,42)59-17-21(12-27-24)16-57-62(30,31)32/h20-22,26-29H,1-19H2,(H,33,34)(H,35,36)(H,37,38)(H,39,40)(H,41,42)(H,43,44)(H,45,46)(H2,30,31,32)/p-8. The van der Waals surface area contributed by atoms with Crippen molar-refractivity contribution in [2.75, 3.05) is 125 Å². The van der Waals surface area contributed by atoms with Gasteiger partial charge >= 0.3 is 0 Å². The summed E-state index contributed by atoms with van der Waals surface area (Å²) in [6.45, 7) is -17.4. The number of phosphoric ester groups is 8. The lowest BCUT2D eigenvalue weighted by atomic mass is 10.2. The van der Waals surface area contributed by atoms with Crippen LogP contribution in [0.3, 0.4) is 0 Å². The summed E-state index contributed by atoms with van der Waals surface area (Å²) in [5.74, 6) is -3.67. The zero-order valence-corrected chi connectivity index (χ0v) is 42.1. The van der Waals surface area contributed by atoms with E-state index in [1.54, 1.807) is 0 Å². The molecule has 11 atom stereocenters. The van der Waals surface area contributed by atoms with E-state index in [0.29, 0.717) is 0 Å². The van der Waals surface area contributed by atoms with Gasteiger partial charge in [0.2, 0.25) is 0 Å². The minimum absolute atomic E-state index is 0.464. The normalized spacial score (nSPS) is 20.7. The predicted molar refractivity (Wildman–Crippen MR) is 197 cm³/mol. The highest BCUT2D eigenvalue weighted by Crippen LogP contribution is 2.45. The van der Waals surface area contributed by atoms with Crippen molar-refractivity contribution in [1.82, 2.24) is 16.6 Å². The minimum Gasteiger partial charge on any atom is -0.756 e. The third kappa shape index (κ3) is 40.5. The average Bonchev–Trinajstić information content (AvgIpc) is 3.23. The third-order valence-corrected chi connectivity index (χ3v) is 13.9. The maximum atomic E-state index is 12.8. The van der Waals surface area contributed by atoms with Gasteiger partial charge in [-0.25, -0.2) is 0 Å². The number of aliphatic hydroxyl groups is 1. The molecule has 0 saturated carbocycles. The Bertz CT molecular complexity index is 1830. The third-order valence-electron chi connectivity index (χ3n) is 6.61. The fraction of sp³-hybridized carbons (Fsp3) is 1.00. The van der Waals surface area contributed by atoms with Crippen LogP contribution in [0.15, 0.2) is 0 Å². The van der Waals surface area contributed by atoms with Crippen molar-refractivity contribution in [2.45, 2.75) is 0 Å². The second-order valence-electron chi connectivity index (χ2n) is 12.2. The lowest BCUT2D eigenvalue weighted by molar-refractivity contribution is -0.238. The molecule has 11 unspecified atom stereocenters. The molecule has 0 fully saturated rings. The van der Waals surface area contributed by atoms with Gasteiger partial charge < -0.3 is 117 Å². The summed E-state index contributed by atoms with van der Waals surface area (Å²) in [7, 11) is -42.0. The van der Waals surface area contributed by atoms with E-state index in [1.165, 1.54) is 5.54 Å². The van der Waals surface area contributed by atoms with Crippen LogP contribution >= 0.6 is 62.6 Å². The monoisotopic (exact) mass is 1180 g/mol. The Morgan fingerprint density at radius 2 is 0.507 bits per heavy atom. The Morgan fingerprint density at radius 1 is 0.333 bits per heavy atom. The van der Waals surface area contributed by atoms with E-state index in [4.69, 9.17) is 10.00 Å². The van der Waals surface area contributed by atoms with Crippen molar-refractivity contribution in [3.63, 3.8) is 0 Å². The molecule has 416 valence electrons. The van der Waals surface area contributed by atoms with Gasteiger partial charge in [-0.3, -0.25) is 36.5 Å². The van der Waals surface area contributed by atoms with E-state index in [-0.39, 0.29) is 0 Å². The first-order chi connectivity index (χ1) is 31.8. The van der Waals surface area contributed by atoms with Crippen LogP contribution in [0.1, 0.15) is 0 Å². The molecule has 69 heavy (non-hydrogen) atoms. The summed E-state index contributed by atoms with van der Waals surface area (Å²) in [5, 5.41) is 8.98. The molecule has 0 aromatic heterocycles. The topological polar surface area (TPSA) is 536 Å². The largest absolute Gasteiger partial charge is 0.756 e. The molecule has 0 aliphatic carbocycles. The number of hydrogen-bond donors (Lipinski definition) is 5. The Kier molecular flexibility index (Phi) is 35.2. The van der Waals surface area contributed by atoms with Gasteiger partial charge in [0, 0.05) is 44.0 Å². The summed E-state index contributed by atoms with van der Waals surface area (Å²) < 4.78 is 196. The molecule has 0 aliphatic heterocycles. The predicted octanol–water partition coefficient (Wildman–Crippen LogP) is -4.76. The molecule has 47 heteroatoms. The van der Waals surface area contributed by atoms with Gasteiger partial charge in [-0.2, -0.15) is 16.6 Å². The smallest absolute Gasteiger partial charge is 0.268 e. The van der Waals surface area contributed by atoms with Crippen molar-refractivity contribution >= 4 is 62.6 Å². The van der Waals surface area contributed by atoms with Crippen LogP contribution in [0.25, 0.3) is 0 Å². The second-order valence-corrected chi connectivity index (χ2v) is 23.3. The first kappa shape index (κ1) is 69.5. The second kappa shape index (κ2) is 35.0. The molecule has 0 rings (SSSR count). The zero-order chi connectivity index (χ0) is 52.9. The number of rotatable bonds is 47. The molecule has 0 saturated heterocycles. The average molecular weight is 1190 g/mol. The molecule has 0 aliphatic rings. The molecule has 36 nitrogen and oxygen atoms in total. The van der Waals surface area contributed by atoms with Crippen molar-refractivity contribution < 1.29 is 167 Å².